The second-order valence-corrected chi connectivity index (χ2v) is 11.4. The molecular formula is C32H41F3N4O8. The van der Waals surface area contributed by atoms with E-state index in [1.807, 2.05) is 0 Å². The van der Waals surface area contributed by atoms with E-state index in [9.17, 15) is 37.8 Å². The molecule has 2 unspecified atom stereocenters. The summed E-state index contributed by atoms with van der Waals surface area (Å²) < 4.78 is 50.3. The molecule has 7 N–H and O–H groups in total. The molecule has 0 aliphatic heterocycles. The van der Waals surface area contributed by atoms with Crippen LogP contribution in [0, 0.1) is 11.8 Å². The van der Waals surface area contributed by atoms with Crippen LogP contribution in [0.1, 0.15) is 50.3 Å². The van der Waals surface area contributed by atoms with Gasteiger partial charge in [-0.2, -0.15) is 13.2 Å². The van der Waals surface area contributed by atoms with E-state index in [-0.39, 0.29) is 31.6 Å². The van der Waals surface area contributed by atoms with Gasteiger partial charge < -0.3 is 40.8 Å². The number of aliphatic hydroxyl groups is 2. The van der Waals surface area contributed by atoms with E-state index < -0.39 is 71.8 Å². The normalized spacial score (nSPS) is 21.9. The lowest BCUT2D eigenvalue weighted by Gasteiger charge is -2.25. The number of carbonyl (C=O) groups is 3. The highest BCUT2D eigenvalue weighted by Gasteiger charge is 2.43. The first-order valence-electron chi connectivity index (χ1n) is 15.2. The highest BCUT2D eigenvalue weighted by molar-refractivity contribution is 5.87. The van der Waals surface area contributed by atoms with Gasteiger partial charge in [0.25, 0.3) is 0 Å². The number of allylic oxidation sites excluding steroid dienone is 2. The molecule has 1 aromatic heterocycles. The predicted octanol–water partition coefficient (Wildman–Crippen LogP) is 2.91. The Balaban J connectivity index is 1.73. The fourth-order valence-electron chi connectivity index (χ4n) is 5.16. The maximum absolute atomic E-state index is 13.4. The van der Waals surface area contributed by atoms with Crippen LogP contribution in [0.4, 0.5) is 13.2 Å². The second-order valence-electron chi connectivity index (χ2n) is 11.4. The number of carbonyl (C=O) groups excluding carboxylic acids is 2. The number of aromatic amines is 1. The molecule has 0 saturated heterocycles. The first-order chi connectivity index (χ1) is 22.2. The third-order valence-electron chi connectivity index (χ3n) is 7.62. The lowest BCUT2D eigenvalue weighted by molar-refractivity contribution is -0.155. The number of imidazole rings is 1. The largest absolute Gasteiger partial charge is 0.491 e. The summed E-state index contributed by atoms with van der Waals surface area (Å²) in [4.78, 5) is 43.4. The molecule has 0 bridgehead atoms. The third kappa shape index (κ3) is 12.2. The van der Waals surface area contributed by atoms with E-state index >= 15 is 0 Å². The number of hydrogen-bond acceptors (Lipinski definition) is 9. The number of hydrogen-bond donors (Lipinski definition) is 6. The Morgan fingerprint density at radius 3 is 2.68 bits per heavy atom. The van der Waals surface area contributed by atoms with Crippen molar-refractivity contribution in [2.75, 3.05) is 6.61 Å². The summed E-state index contributed by atoms with van der Waals surface area (Å²) in [7, 11) is 0. The SMILES string of the molecule is CC(N)C(=O)NC(Cc1cnc[nH]1)C(=O)O[C@H]1C[C@@H](O)[C@H](/C=C/[C@@H](O)COc2cccc(C(F)(F)F)c2)[C@H]1C/C=C\CCCC(=O)O. The minimum absolute atomic E-state index is 0.00337. The number of H-pyrrole nitrogens is 1. The highest BCUT2D eigenvalue weighted by atomic mass is 19.4. The van der Waals surface area contributed by atoms with E-state index in [0.29, 0.717) is 25.0 Å². The van der Waals surface area contributed by atoms with Gasteiger partial charge in [0.1, 0.15) is 30.6 Å². The number of benzene rings is 1. The van der Waals surface area contributed by atoms with Crippen LogP contribution in [0.5, 0.6) is 5.75 Å². The number of carboxylic acid groups (broad SMARTS) is 1. The van der Waals surface area contributed by atoms with Crippen LogP contribution in [0.3, 0.4) is 0 Å². The van der Waals surface area contributed by atoms with Crippen molar-refractivity contribution in [3.63, 3.8) is 0 Å². The number of aromatic nitrogens is 2. The Morgan fingerprint density at radius 2 is 2.02 bits per heavy atom. The molecule has 7 atom stereocenters. The third-order valence-corrected chi connectivity index (χ3v) is 7.62. The van der Waals surface area contributed by atoms with Crippen LogP contribution in [0.25, 0.3) is 0 Å². The average molecular weight is 667 g/mol. The van der Waals surface area contributed by atoms with Gasteiger partial charge in [0, 0.05) is 43.0 Å². The number of alkyl halides is 3. The minimum Gasteiger partial charge on any atom is -0.491 e. The molecule has 0 spiro atoms. The summed E-state index contributed by atoms with van der Waals surface area (Å²) in [5, 5.41) is 32.9. The summed E-state index contributed by atoms with van der Waals surface area (Å²) in [6.07, 6.45) is 3.20. The number of carboxylic acids is 1. The fraction of sp³-hybridized carbons (Fsp3) is 0.500. The molecule has 1 saturated carbocycles. The zero-order valence-corrected chi connectivity index (χ0v) is 25.8. The quantitative estimate of drug-likeness (QED) is 0.0830. The number of aliphatic carboxylic acids is 1. The van der Waals surface area contributed by atoms with Crippen molar-refractivity contribution >= 4 is 17.8 Å². The molecule has 0 radical (unpaired) electrons. The molecule has 15 heteroatoms. The lowest BCUT2D eigenvalue weighted by atomic mass is 9.89. The van der Waals surface area contributed by atoms with Crippen molar-refractivity contribution in [3.8, 4) is 5.75 Å². The van der Waals surface area contributed by atoms with Crippen LogP contribution in [0.15, 0.2) is 61.1 Å². The minimum atomic E-state index is -4.55. The first-order valence-corrected chi connectivity index (χ1v) is 15.2. The van der Waals surface area contributed by atoms with Crippen molar-refractivity contribution in [3.05, 3.63) is 72.4 Å². The Labute approximate surface area is 269 Å². The van der Waals surface area contributed by atoms with Gasteiger partial charge >= 0.3 is 18.1 Å². The smallest absolute Gasteiger partial charge is 0.416 e. The number of nitrogens with two attached hydrogens (primary N) is 1. The van der Waals surface area contributed by atoms with E-state index in [1.54, 1.807) is 18.2 Å². The Hall–Kier alpha value is -4.21. The van der Waals surface area contributed by atoms with Crippen molar-refractivity contribution in [1.82, 2.24) is 15.3 Å². The number of ether oxygens (including phenoxy) is 2. The van der Waals surface area contributed by atoms with Crippen molar-refractivity contribution in [1.29, 1.82) is 0 Å². The summed E-state index contributed by atoms with van der Waals surface area (Å²) >= 11 is 0. The van der Waals surface area contributed by atoms with E-state index in [2.05, 4.69) is 15.3 Å². The molecular weight excluding hydrogens is 625 g/mol. The molecule has 1 aliphatic rings. The Bertz CT molecular complexity index is 1370. The van der Waals surface area contributed by atoms with E-state index in [4.69, 9.17) is 20.3 Å². The van der Waals surface area contributed by atoms with Crippen LogP contribution in [0.2, 0.25) is 0 Å². The zero-order chi connectivity index (χ0) is 34.6. The van der Waals surface area contributed by atoms with Gasteiger partial charge in [-0.3, -0.25) is 9.59 Å². The van der Waals surface area contributed by atoms with E-state index in [1.165, 1.54) is 37.7 Å². The maximum atomic E-state index is 13.4. The van der Waals surface area contributed by atoms with Gasteiger partial charge in [-0.25, -0.2) is 9.78 Å². The monoisotopic (exact) mass is 666 g/mol. The summed E-state index contributed by atoms with van der Waals surface area (Å²) in [6, 6.07) is 2.25. The molecule has 1 amide bonds. The standard InChI is InChI=1S/C32H41F3N4O8/c1-19(36)30(44)39-26(14-21-16-37-18-38-21)31(45)47-28-15-27(41)24(25(28)9-4-2-3-5-10-29(42)43)12-11-22(40)17-46-23-8-6-7-20(13-23)32(33,34)35/h2,4,6-8,11-13,16,18-19,22,24-28,40-41H,3,5,9-10,14-15,17,36H2,1H3,(H,37,38)(H,39,44)(H,42,43)/b4-2-,12-11+/t19?,22-,24-,25-,26?,27-,28+/m1/s1. The molecule has 47 heavy (non-hydrogen) atoms. The average Bonchev–Trinajstić information content (AvgIpc) is 3.62. The number of amides is 1. The second kappa shape index (κ2) is 17.6. The summed E-state index contributed by atoms with van der Waals surface area (Å²) in [5.74, 6) is -3.39. The van der Waals surface area contributed by atoms with Crippen LogP contribution in [-0.4, -0.2) is 80.1 Å². The molecule has 1 fully saturated rings. The van der Waals surface area contributed by atoms with Gasteiger partial charge in [0.15, 0.2) is 0 Å². The Morgan fingerprint density at radius 1 is 1.26 bits per heavy atom. The van der Waals surface area contributed by atoms with Crippen LogP contribution < -0.4 is 15.8 Å². The Kier molecular flexibility index (Phi) is 14.0. The molecule has 258 valence electrons. The lowest BCUT2D eigenvalue weighted by Crippen LogP contribution is -2.49. The van der Waals surface area contributed by atoms with Crippen molar-refractivity contribution in [2.24, 2.45) is 17.6 Å². The number of unbranched alkanes of at least 4 members (excludes halogenated alkanes) is 1. The fourth-order valence-corrected chi connectivity index (χ4v) is 5.16. The predicted molar refractivity (Wildman–Crippen MR) is 163 cm³/mol. The van der Waals surface area contributed by atoms with Crippen LogP contribution in [-0.2, 0) is 31.7 Å². The van der Waals surface area contributed by atoms with Crippen molar-refractivity contribution < 1.29 is 52.3 Å². The molecule has 2 aromatic rings. The number of nitrogens with zero attached hydrogens (tertiary/aromatic N) is 1. The number of nitrogens with one attached hydrogen (secondary N) is 2. The van der Waals surface area contributed by atoms with Gasteiger partial charge in [-0.1, -0.05) is 30.4 Å². The number of halogens is 3. The van der Waals surface area contributed by atoms with Gasteiger partial charge in [-0.15, -0.1) is 0 Å². The molecule has 3 rings (SSSR count). The number of aliphatic hydroxyl groups excluding tert-OH is 2. The summed E-state index contributed by atoms with van der Waals surface area (Å²) in [6.45, 7) is 1.11. The van der Waals surface area contributed by atoms with Gasteiger partial charge in [0.2, 0.25) is 5.91 Å². The molecule has 1 heterocycles. The number of esters is 1. The number of rotatable bonds is 17. The zero-order valence-electron chi connectivity index (χ0n) is 25.8. The topological polar surface area (TPSA) is 197 Å². The van der Waals surface area contributed by atoms with E-state index in [0.717, 1.165) is 12.1 Å². The van der Waals surface area contributed by atoms with Gasteiger partial charge in [0.05, 0.1) is 24.0 Å². The first kappa shape index (κ1) is 37.2. The summed E-state index contributed by atoms with van der Waals surface area (Å²) in [5.41, 5.74) is 5.35. The molecule has 12 nitrogen and oxygen atoms in total. The van der Waals surface area contributed by atoms with Gasteiger partial charge in [-0.05, 0) is 44.4 Å². The molecule has 1 aromatic carbocycles. The highest BCUT2D eigenvalue weighted by Crippen LogP contribution is 2.39. The van der Waals surface area contributed by atoms with Crippen molar-refractivity contribution in [2.45, 2.75) is 82.0 Å². The maximum Gasteiger partial charge on any atom is 0.416 e. The van der Waals surface area contributed by atoms with Crippen LogP contribution >= 0.6 is 0 Å². The molecule has 1 aliphatic carbocycles.